The van der Waals surface area contributed by atoms with Crippen LogP contribution in [-0.4, -0.2) is 4.98 Å². The Kier molecular flexibility index (Phi) is 3.05. The third-order valence-electron chi connectivity index (χ3n) is 2.72. The molecule has 0 amide bonds. The average molecular weight is 274 g/mol. The lowest BCUT2D eigenvalue weighted by molar-refractivity contribution is 0.486. The van der Waals surface area contributed by atoms with Crippen LogP contribution in [-0.2, 0) is 0 Å². The van der Waals surface area contributed by atoms with Crippen LogP contribution < -0.4 is 4.74 Å². The number of hydrogen-bond donors (Lipinski definition) is 0. The van der Waals surface area contributed by atoms with Crippen molar-refractivity contribution in [1.82, 2.24) is 4.98 Å². The van der Waals surface area contributed by atoms with E-state index < -0.39 is 0 Å². The zero-order valence-corrected chi connectivity index (χ0v) is 10.6. The predicted molar refractivity (Wildman–Crippen MR) is 73.2 cm³/mol. The van der Waals surface area contributed by atoms with Crippen molar-refractivity contribution in [3.05, 3.63) is 65.6 Å². The fourth-order valence-corrected chi connectivity index (χ4v) is 2.01. The summed E-state index contributed by atoms with van der Waals surface area (Å²) in [6.07, 6.45) is 1.54. The van der Waals surface area contributed by atoms with E-state index in [1.54, 1.807) is 18.3 Å². The van der Waals surface area contributed by atoms with Crippen molar-refractivity contribution in [2.24, 2.45) is 0 Å². The molecule has 0 unspecified atom stereocenters. The summed E-state index contributed by atoms with van der Waals surface area (Å²) in [5.41, 5.74) is 0.795. The fraction of sp³-hybridized carbons (Fsp3) is 0. The largest absolute Gasteiger partial charge is 0.455 e. The second kappa shape index (κ2) is 4.86. The Balaban J connectivity index is 2.09. The number of rotatable bonds is 2. The molecule has 2 aromatic carbocycles. The summed E-state index contributed by atoms with van der Waals surface area (Å²) in [6.45, 7) is 0. The number of benzene rings is 2. The number of ether oxygens (including phenoxy) is 1. The maximum atomic E-state index is 12.9. The second-order valence-corrected chi connectivity index (χ2v) is 4.42. The molecule has 0 saturated carbocycles. The highest BCUT2D eigenvalue weighted by Gasteiger charge is 2.09. The lowest BCUT2D eigenvalue weighted by Crippen LogP contribution is -1.89. The predicted octanol–water partition coefficient (Wildman–Crippen LogP) is 4.82. The highest BCUT2D eigenvalue weighted by atomic mass is 35.5. The Bertz CT molecular complexity index is 728. The topological polar surface area (TPSA) is 22.1 Å². The molecule has 0 radical (unpaired) electrons. The van der Waals surface area contributed by atoms with Gasteiger partial charge < -0.3 is 4.74 Å². The number of aromatic nitrogens is 1. The van der Waals surface area contributed by atoms with E-state index in [4.69, 9.17) is 16.3 Å². The van der Waals surface area contributed by atoms with E-state index in [2.05, 4.69) is 4.98 Å². The number of para-hydroxylation sites is 1. The monoisotopic (exact) mass is 273 g/mol. The van der Waals surface area contributed by atoms with E-state index >= 15 is 0 Å². The Hall–Kier alpha value is -2.13. The molecule has 0 aliphatic heterocycles. The van der Waals surface area contributed by atoms with Gasteiger partial charge in [-0.05, 0) is 36.4 Å². The van der Waals surface area contributed by atoms with Gasteiger partial charge in [-0.1, -0.05) is 23.7 Å². The fourth-order valence-electron chi connectivity index (χ4n) is 1.82. The highest BCUT2D eigenvalue weighted by Crippen LogP contribution is 2.35. The van der Waals surface area contributed by atoms with E-state index in [-0.39, 0.29) is 5.82 Å². The van der Waals surface area contributed by atoms with Gasteiger partial charge in [0.2, 0.25) is 0 Å². The van der Waals surface area contributed by atoms with Crippen LogP contribution in [0.15, 0.2) is 54.7 Å². The van der Waals surface area contributed by atoms with Gasteiger partial charge in [-0.2, -0.15) is 0 Å². The van der Waals surface area contributed by atoms with Crippen molar-refractivity contribution in [3.63, 3.8) is 0 Å². The minimum absolute atomic E-state index is 0.307. The minimum atomic E-state index is -0.307. The van der Waals surface area contributed by atoms with Gasteiger partial charge >= 0.3 is 0 Å². The molecule has 0 N–H and O–H groups in total. The van der Waals surface area contributed by atoms with Gasteiger partial charge in [0.15, 0.2) is 5.75 Å². The van der Waals surface area contributed by atoms with E-state index in [0.29, 0.717) is 16.5 Å². The van der Waals surface area contributed by atoms with Crippen LogP contribution in [0.4, 0.5) is 4.39 Å². The third kappa shape index (κ3) is 2.37. The van der Waals surface area contributed by atoms with E-state index in [0.717, 1.165) is 10.9 Å². The Morgan fingerprint density at radius 2 is 1.74 bits per heavy atom. The van der Waals surface area contributed by atoms with Crippen molar-refractivity contribution in [3.8, 4) is 11.5 Å². The van der Waals surface area contributed by atoms with Crippen molar-refractivity contribution < 1.29 is 9.13 Å². The highest BCUT2D eigenvalue weighted by molar-refractivity contribution is 6.33. The number of nitrogens with zero attached hydrogens (tertiary/aromatic N) is 1. The molecule has 2 nitrogen and oxygen atoms in total. The first-order valence-electron chi connectivity index (χ1n) is 5.71. The summed E-state index contributed by atoms with van der Waals surface area (Å²) in [5, 5.41) is 1.24. The quantitative estimate of drug-likeness (QED) is 0.668. The van der Waals surface area contributed by atoms with Crippen LogP contribution in [0.5, 0.6) is 11.5 Å². The van der Waals surface area contributed by atoms with Crippen molar-refractivity contribution in [2.75, 3.05) is 0 Å². The van der Waals surface area contributed by atoms with Crippen molar-refractivity contribution in [2.45, 2.75) is 0 Å². The molecule has 0 saturated heterocycles. The molecule has 0 aliphatic carbocycles. The van der Waals surface area contributed by atoms with Crippen LogP contribution in [0.3, 0.4) is 0 Å². The van der Waals surface area contributed by atoms with Gasteiger partial charge in [0.05, 0.1) is 5.52 Å². The van der Waals surface area contributed by atoms with Crippen LogP contribution in [0.2, 0.25) is 5.02 Å². The molecule has 1 aromatic heterocycles. The first-order valence-corrected chi connectivity index (χ1v) is 6.08. The zero-order valence-electron chi connectivity index (χ0n) is 9.81. The molecule has 1 heterocycles. The summed E-state index contributed by atoms with van der Waals surface area (Å²) in [4.78, 5) is 4.23. The van der Waals surface area contributed by atoms with E-state index in [1.807, 2.05) is 24.3 Å². The number of hydrogen-bond acceptors (Lipinski definition) is 2. The lowest BCUT2D eigenvalue weighted by Gasteiger charge is -2.10. The summed E-state index contributed by atoms with van der Waals surface area (Å²) in [7, 11) is 0. The molecule has 3 aromatic rings. The summed E-state index contributed by atoms with van der Waals surface area (Å²) in [5.74, 6) is 0.747. The van der Waals surface area contributed by atoms with Gasteiger partial charge in [0.25, 0.3) is 0 Å². The normalized spacial score (nSPS) is 10.6. The van der Waals surface area contributed by atoms with Gasteiger partial charge in [0, 0.05) is 11.6 Å². The maximum absolute atomic E-state index is 12.9. The Morgan fingerprint density at radius 3 is 2.53 bits per heavy atom. The lowest BCUT2D eigenvalue weighted by atomic mass is 10.2. The zero-order chi connectivity index (χ0) is 13.2. The molecule has 0 bridgehead atoms. The van der Waals surface area contributed by atoms with Crippen LogP contribution in [0.25, 0.3) is 10.9 Å². The number of pyridine rings is 1. The van der Waals surface area contributed by atoms with E-state index in [9.17, 15) is 4.39 Å². The summed E-state index contributed by atoms with van der Waals surface area (Å²) >= 11 is 6.12. The molecule has 19 heavy (non-hydrogen) atoms. The Morgan fingerprint density at radius 1 is 1.00 bits per heavy atom. The van der Waals surface area contributed by atoms with Crippen LogP contribution in [0, 0.1) is 5.82 Å². The van der Waals surface area contributed by atoms with Gasteiger partial charge in [-0.3, -0.25) is 4.98 Å². The molecular weight excluding hydrogens is 265 g/mol. The molecule has 0 atom stereocenters. The molecule has 0 aliphatic rings. The first kappa shape index (κ1) is 11.9. The van der Waals surface area contributed by atoms with Crippen LogP contribution >= 0.6 is 11.6 Å². The van der Waals surface area contributed by atoms with Crippen LogP contribution in [0.1, 0.15) is 0 Å². The average Bonchev–Trinajstić information content (AvgIpc) is 2.44. The smallest absolute Gasteiger partial charge is 0.156 e. The third-order valence-corrected chi connectivity index (χ3v) is 2.99. The summed E-state index contributed by atoms with van der Waals surface area (Å²) < 4.78 is 18.6. The van der Waals surface area contributed by atoms with Gasteiger partial charge in [0.1, 0.15) is 16.6 Å². The first-order chi connectivity index (χ1) is 9.24. The molecular formula is C15H9ClFNO. The molecule has 4 heteroatoms. The number of fused-ring (bicyclic) bond motifs is 1. The molecule has 0 fully saturated rings. The van der Waals surface area contributed by atoms with E-state index in [1.165, 1.54) is 12.1 Å². The summed E-state index contributed by atoms with van der Waals surface area (Å²) in [6, 6.07) is 13.3. The minimum Gasteiger partial charge on any atom is -0.455 e. The second-order valence-electron chi connectivity index (χ2n) is 4.01. The van der Waals surface area contributed by atoms with Crippen molar-refractivity contribution in [1.29, 1.82) is 0 Å². The van der Waals surface area contributed by atoms with Gasteiger partial charge in [-0.15, -0.1) is 0 Å². The van der Waals surface area contributed by atoms with Gasteiger partial charge in [-0.25, -0.2) is 4.39 Å². The number of halogens is 2. The Labute approximate surface area is 114 Å². The molecule has 0 spiro atoms. The molecule has 94 valence electrons. The standard InChI is InChI=1S/C15H9ClFNO/c16-13-9-18-14-4-2-1-3-12(14)15(13)19-11-7-5-10(17)6-8-11/h1-9H. The van der Waals surface area contributed by atoms with Crippen molar-refractivity contribution >= 4 is 22.5 Å². The maximum Gasteiger partial charge on any atom is 0.156 e. The SMILES string of the molecule is Fc1ccc(Oc2c(Cl)cnc3ccccc23)cc1. The molecule has 3 rings (SSSR count).